The first-order valence-corrected chi connectivity index (χ1v) is 3.96. The Morgan fingerprint density at radius 1 is 1.67 bits per heavy atom. The summed E-state index contributed by atoms with van der Waals surface area (Å²) >= 11 is 0. The van der Waals surface area contributed by atoms with Gasteiger partial charge in [0.1, 0.15) is 0 Å². The molecule has 68 valence electrons. The lowest BCUT2D eigenvalue weighted by molar-refractivity contribution is -0.120. The third-order valence-electron chi connectivity index (χ3n) is 1.45. The summed E-state index contributed by atoms with van der Waals surface area (Å²) in [5.41, 5.74) is 0. The predicted molar refractivity (Wildman–Crippen MR) is 50.4 cm³/mol. The van der Waals surface area contributed by atoms with Crippen LogP contribution in [-0.4, -0.2) is 24.4 Å². The zero-order valence-corrected chi connectivity index (χ0v) is 7.71. The highest BCUT2D eigenvalue weighted by Crippen LogP contribution is 1.93. The molecular weight excluding hydrogens is 152 g/mol. The molecule has 0 aliphatic carbocycles. The molecule has 3 nitrogen and oxygen atoms in total. The largest absolute Gasteiger partial charge is 0.359 e. The van der Waals surface area contributed by atoms with Crippen molar-refractivity contribution in [3.63, 3.8) is 0 Å². The van der Waals surface area contributed by atoms with Gasteiger partial charge in [-0.25, -0.2) is 0 Å². The van der Waals surface area contributed by atoms with Crippen molar-refractivity contribution < 1.29 is 4.79 Å². The Kier molecular flexibility index (Phi) is 5.79. The summed E-state index contributed by atoms with van der Waals surface area (Å²) < 4.78 is 0. The van der Waals surface area contributed by atoms with Crippen molar-refractivity contribution in [2.45, 2.75) is 13.3 Å². The number of amides is 1. The molecule has 0 aromatic rings. The van der Waals surface area contributed by atoms with Crippen LogP contribution in [0.1, 0.15) is 13.3 Å². The van der Waals surface area contributed by atoms with E-state index < -0.39 is 0 Å². The standard InChI is InChI=1S/C9H16N2O/c1-4-7-11(5-2)8-6-9(12)10-3/h4-5,7H,2,6,8H2,1,3H3,(H,10,12)/b7-4-. The van der Waals surface area contributed by atoms with Gasteiger partial charge in [-0.2, -0.15) is 0 Å². The third kappa shape index (κ3) is 4.55. The van der Waals surface area contributed by atoms with Crippen LogP contribution in [0, 0.1) is 0 Å². The molecule has 0 saturated heterocycles. The summed E-state index contributed by atoms with van der Waals surface area (Å²) in [5.74, 6) is 0.0475. The first kappa shape index (κ1) is 10.8. The number of hydrogen-bond acceptors (Lipinski definition) is 2. The van der Waals surface area contributed by atoms with Crippen LogP contribution >= 0.6 is 0 Å². The second kappa shape index (κ2) is 6.46. The summed E-state index contributed by atoms with van der Waals surface area (Å²) in [6, 6.07) is 0. The van der Waals surface area contributed by atoms with Crippen LogP contribution < -0.4 is 5.32 Å². The molecule has 0 aromatic carbocycles. The maximum absolute atomic E-state index is 10.8. The zero-order valence-electron chi connectivity index (χ0n) is 7.71. The molecule has 0 rings (SSSR count). The molecule has 0 saturated carbocycles. The van der Waals surface area contributed by atoms with E-state index in [1.165, 1.54) is 0 Å². The van der Waals surface area contributed by atoms with Gasteiger partial charge in [-0.3, -0.25) is 4.79 Å². The summed E-state index contributed by atoms with van der Waals surface area (Å²) in [6.07, 6.45) is 5.98. The van der Waals surface area contributed by atoms with Gasteiger partial charge < -0.3 is 10.2 Å². The number of carbonyl (C=O) groups is 1. The zero-order chi connectivity index (χ0) is 9.40. The fourth-order valence-electron chi connectivity index (χ4n) is 0.774. The quantitative estimate of drug-likeness (QED) is 0.666. The lowest BCUT2D eigenvalue weighted by Crippen LogP contribution is -2.23. The van der Waals surface area contributed by atoms with Gasteiger partial charge in [0.05, 0.1) is 0 Å². The van der Waals surface area contributed by atoms with E-state index in [2.05, 4.69) is 11.9 Å². The Bertz CT molecular complexity index is 175. The Balaban J connectivity index is 3.72. The number of nitrogens with one attached hydrogen (secondary N) is 1. The highest BCUT2D eigenvalue weighted by Gasteiger charge is 1.98. The van der Waals surface area contributed by atoms with Gasteiger partial charge >= 0.3 is 0 Å². The Morgan fingerprint density at radius 2 is 2.33 bits per heavy atom. The summed E-state index contributed by atoms with van der Waals surface area (Å²) in [7, 11) is 1.64. The highest BCUT2D eigenvalue weighted by atomic mass is 16.1. The fraction of sp³-hybridized carbons (Fsp3) is 0.444. The van der Waals surface area contributed by atoms with E-state index in [1.54, 1.807) is 13.2 Å². The molecule has 0 aliphatic heterocycles. The minimum Gasteiger partial charge on any atom is -0.359 e. The van der Waals surface area contributed by atoms with Crippen LogP contribution in [0.5, 0.6) is 0 Å². The van der Waals surface area contributed by atoms with Gasteiger partial charge in [-0.05, 0) is 19.3 Å². The maximum atomic E-state index is 10.8. The van der Waals surface area contributed by atoms with E-state index in [1.807, 2.05) is 24.1 Å². The lowest BCUT2D eigenvalue weighted by atomic mass is 10.4. The van der Waals surface area contributed by atoms with Crippen molar-refractivity contribution in [3.8, 4) is 0 Å². The van der Waals surface area contributed by atoms with Gasteiger partial charge in [0.2, 0.25) is 5.91 Å². The van der Waals surface area contributed by atoms with E-state index in [0.29, 0.717) is 13.0 Å². The van der Waals surface area contributed by atoms with Gasteiger partial charge in [0.25, 0.3) is 0 Å². The Hall–Kier alpha value is -1.25. The maximum Gasteiger partial charge on any atom is 0.221 e. The molecule has 0 atom stereocenters. The number of rotatable bonds is 5. The topological polar surface area (TPSA) is 32.3 Å². The molecular formula is C9H16N2O. The summed E-state index contributed by atoms with van der Waals surface area (Å²) in [6.45, 7) is 6.23. The number of nitrogens with zero attached hydrogens (tertiary/aromatic N) is 1. The number of allylic oxidation sites excluding steroid dienone is 1. The second-order valence-corrected chi connectivity index (χ2v) is 2.33. The third-order valence-corrected chi connectivity index (χ3v) is 1.45. The minimum absolute atomic E-state index is 0.0475. The molecule has 12 heavy (non-hydrogen) atoms. The molecule has 0 aromatic heterocycles. The van der Waals surface area contributed by atoms with Crippen molar-refractivity contribution >= 4 is 5.91 Å². The first-order valence-electron chi connectivity index (χ1n) is 3.96. The Morgan fingerprint density at radius 3 is 2.75 bits per heavy atom. The molecule has 0 heterocycles. The van der Waals surface area contributed by atoms with Crippen molar-refractivity contribution in [1.82, 2.24) is 10.2 Å². The molecule has 1 amide bonds. The number of carbonyl (C=O) groups excluding carboxylic acids is 1. The molecule has 0 bridgehead atoms. The van der Waals surface area contributed by atoms with Crippen molar-refractivity contribution in [2.75, 3.05) is 13.6 Å². The minimum atomic E-state index is 0.0475. The molecule has 0 unspecified atom stereocenters. The van der Waals surface area contributed by atoms with E-state index in [-0.39, 0.29) is 5.91 Å². The lowest BCUT2D eigenvalue weighted by Gasteiger charge is -2.13. The van der Waals surface area contributed by atoms with E-state index in [9.17, 15) is 4.79 Å². The average molecular weight is 168 g/mol. The van der Waals surface area contributed by atoms with E-state index in [4.69, 9.17) is 0 Å². The van der Waals surface area contributed by atoms with E-state index in [0.717, 1.165) is 0 Å². The summed E-state index contributed by atoms with van der Waals surface area (Å²) in [4.78, 5) is 12.7. The van der Waals surface area contributed by atoms with E-state index >= 15 is 0 Å². The van der Waals surface area contributed by atoms with Crippen LogP contribution in [0.2, 0.25) is 0 Å². The van der Waals surface area contributed by atoms with Gasteiger partial charge in [-0.15, -0.1) is 0 Å². The predicted octanol–water partition coefficient (Wildman–Crippen LogP) is 1.10. The van der Waals surface area contributed by atoms with Gasteiger partial charge in [-0.1, -0.05) is 12.7 Å². The average Bonchev–Trinajstić information content (AvgIpc) is 2.11. The summed E-state index contributed by atoms with van der Waals surface area (Å²) in [5, 5.41) is 2.56. The molecule has 0 radical (unpaired) electrons. The molecule has 1 N–H and O–H groups in total. The van der Waals surface area contributed by atoms with Crippen LogP contribution in [-0.2, 0) is 4.79 Å². The molecule has 0 fully saturated rings. The van der Waals surface area contributed by atoms with Crippen molar-refractivity contribution in [3.05, 3.63) is 25.1 Å². The first-order chi connectivity index (χ1) is 5.74. The fourth-order valence-corrected chi connectivity index (χ4v) is 0.774. The van der Waals surface area contributed by atoms with Crippen molar-refractivity contribution in [1.29, 1.82) is 0 Å². The SMILES string of the molecule is C=CN(/C=C\C)CCC(=O)NC. The highest BCUT2D eigenvalue weighted by molar-refractivity contribution is 5.75. The van der Waals surface area contributed by atoms with Crippen LogP contribution in [0.25, 0.3) is 0 Å². The monoisotopic (exact) mass is 168 g/mol. The van der Waals surface area contributed by atoms with Gasteiger partial charge in [0, 0.05) is 20.0 Å². The number of hydrogen-bond donors (Lipinski definition) is 1. The molecule has 3 heteroatoms. The normalized spacial score (nSPS) is 9.83. The van der Waals surface area contributed by atoms with Crippen LogP contribution in [0.15, 0.2) is 25.1 Å². The van der Waals surface area contributed by atoms with Crippen molar-refractivity contribution in [2.24, 2.45) is 0 Å². The molecule has 0 spiro atoms. The smallest absolute Gasteiger partial charge is 0.221 e. The molecule has 0 aliphatic rings. The Labute approximate surface area is 73.8 Å². The van der Waals surface area contributed by atoms with Gasteiger partial charge in [0.15, 0.2) is 0 Å². The second-order valence-electron chi connectivity index (χ2n) is 2.33. The van der Waals surface area contributed by atoms with Crippen LogP contribution in [0.4, 0.5) is 0 Å². The van der Waals surface area contributed by atoms with Crippen LogP contribution in [0.3, 0.4) is 0 Å².